The molecule has 0 aliphatic rings. The van der Waals surface area contributed by atoms with Crippen molar-refractivity contribution in [1.82, 2.24) is 9.55 Å². The van der Waals surface area contributed by atoms with E-state index < -0.39 is 0 Å². The fourth-order valence-corrected chi connectivity index (χ4v) is 1.83. The van der Waals surface area contributed by atoms with Crippen molar-refractivity contribution >= 4 is 21.6 Å². The molecule has 0 aliphatic carbocycles. The number of hydrogen-bond acceptors (Lipinski definition) is 2. The second-order valence-corrected chi connectivity index (χ2v) is 4.51. The van der Waals surface area contributed by atoms with Gasteiger partial charge in [0.25, 0.3) is 0 Å². The molecule has 0 amide bonds. The van der Waals surface area contributed by atoms with E-state index in [1.807, 2.05) is 16.8 Å². The Bertz CT molecular complexity index is 510. The first-order valence-electron chi connectivity index (χ1n) is 5.38. The molecule has 2 rings (SSSR count). The van der Waals surface area contributed by atoms with Gasteiger partial charge < -0.3 is 9.88 Å². The summed E-state index contributed by atoms with van der Waals surface area (Å²) >= 11 is 3.13. The summed E-state index contributed by atoms with van der Waals surface area (Å²) in [5, 5.41) is 3.17. The van der Waals surface area contributed by atoms with Gasteiger partial charge in [-0.2, -0.15) is 0 Å². The first-order valence-corrected chi connectivity index (χ1v) is 6.18. The molecule has 1 heterocycles. The van der Waals surface area contributed by atoms with E-state index in [1.54, 1.807) is 12.4 Å². The summed E-state index contributed by atoms with van der Waals surface area (Å²) in [6.45, 7) is 3.57. The molecule has 0 bridgehead atoms. The fourth-order valence-electron chi connectivity index (χ4n) is 1.58. The minimum absolute atomic E-state index is 0.265. The van der Waals surface area contributed by atoms with Crippen LogP contribution in [0.4, 0.5) is 10.1 Å². The molecule has 0 fully saturated rings. The molecular formula is C12H13BrFN3. The van der Waals surface area contributed by atoms with Crippen molar-refractivity contribution in [3.63, 3.8) is 0 Å². The Morgan fingerprint density at radius 3 is 3.00 bits per heavy atom. The Balaban J connectivity index is 2.05. The lowest BCUT2D eigenvalue weighted by molar-refractivity contribution is 0.621. The maximum atomic E-state index is 13.3. The summed E-state index contributed by atoms with van der Waals surface area (Å²) in [5.41, 5.74) is 1.84. The average molecular weight is 298 g/mol. The summed E-state index contributed by atoms with van der Waals surface area (Å²) < 4.78 is 15.8. The average Bonchev–Trinajstić information content (AvgIpc) is 2.78. The SMILES string of the molecule is CCn1cncc1CNc1ccc(Br)c(F)c1. The lowest BCUT2D eigenvalue weighted by atomic mass is 10.3. The molecule has 90 valence electrons. The molecule has 5 heteroatoms. The molecule has 17 heavy (non-hydrogen) atoms. The van der Waals surface area contributed by atoms with Crippen LogP contribution in [0.2, 0.25) is 0 Å². The zero-order valence-electron chi connectivity index (χ0n) is 9.45. The van der Waals surface area contributed by atoms with E-state index in [0.717, 1.165) is 17.9 Å². The van der Waals surface area contributed by atoms with E-state index in [2.05, 4.69) is 33.2 Å². The summed E-state index contributed by atoms with van der Waals surface area (Å²) in [4.78, 5) is 4.08. The van der Waals surface area contributed by atoms with Gasteiger partial charge in [-0.3, -0.25) is 0 Å². The zero-order chi connectivity index (χ0) is 12.3. The van der Waals surface area contributed by atoms with Crippen molar-refractivity contribution in [3.05, 3.63) is 46.7 Å². The fraction of sp³-hybridized carbons (Fsp3) is 0.250. The molecule has 0 unspecified atom stereocenters. The molecular weight excluding hydrogens is 285 g/mol. The summed E-state index contributed by atoms with van der Waals surface area (Å²) in [7, 11) is 0. The van der Waals surface area contributed by atoms with Gasteiger partial charge in [0, 0.05) is 18.4 Å². The molecule has 0 spiro atoms. The number of hydrogen-bond donors (Lipinski definition) is 1. The van der Waals surface area contributed by atoms with Crippen molar-refractivity contribution < 1.29 is 4.39 Å². The molecule has 1 aromatic carbocycles. The van der Waals surface area contributed by atoms with E-state index in [4.69, 9.17) is 0 Å². The monoisotopic (exact) mass is 297 g/mol. The van der Waals surface area contributed by atoms with Crippen LogP contribution >= 0.6 is 15.9 Å². The highest BCUT2D eigenvalue weighted by Gasteiger charge is 2.02. The molecule has 0 aliphatic heterocycles. The lowest BCUT2D eigenvalue weighted by Crippen LogP contribution is -2.06. The van der Waals surface area contributed by atoms with Crippen molar-refractivity contribution in [1.29, 1.82) is 0 Å². The van der Waals surface area contributed by atoms with Gasteiger partial charge in [0.15, 0.2) is 0 Å². The van der Waals surface area contributed by atoms with E-state index >= 15 is 0 Å². The van der Waals surface area contributed by atoms with Crippen molar-refractivity contribution in [2.24, 2.45) is 0 Å². The Hall–Kier alpha value is -1.36. The van der Waals surface area contributed by atoms with E-state index in [9.17, 15) is 4.39 Å². The molecule has 0 saturated carbocycles. The standard InChI is InChI=1S/C12H13BrFN3/c1-2-17-8-15-6-10(17)7-16-9-3-4-11(13)12(14)5-9/h3-6,8,16H,2,7H2,1H3. The maximum Gasteiger partial charge on any atom is 0.139 e. The van der Waals surface area contributed by atoms with Crippen LogP contribution in [0.3, 0.4) is 0 Å². The molecule has 2 aromatic rings. The zero-order valence-corrected chi connectivity index (χ0v) is 11.0. The number of aryl methyl sites for hydroxylation is 1. The van der Waals surface area contributed by atoms with Gasteiger partial charge in [0.05, 0.1) is 23.0 Å². The van der Waals surface area contributed by atoms with Gasteiger partial charge in [0.2, 0.25) is 0 Å². The lowest BCUT2D eigenvalue weighted by Gasteiger charge is -2.08. The third kappa shape index (κ3) is 2.85. The van der Waals surface area contributed by atoms with Crippen LogP contribution in [0.25, 0.3) is 0 Å². The molecule has 0 atom stereocenters. The molecule has 1 aromatic heterocycles. The summed E-state index contributed by atoms with van der Waals surface area (Å²) in [6.07, 6.45) is 3.60. The van der Waals surface area contributed by atoms with Crippen LogP contribution in [-0.4, -0.2) is 9.55 Å². The number of benzene rings is 1. The van der Waals surface area contributed by atoms with Crippen LogP contribution in [-0.2, 0) is 13.1 Å². The predicted octanol–water partition coefficient (Wildman–Crippen LogP) is 3.42. The molecule has 3 nitrogen and oxygen atoms in total. The van der Waals surface area contributed by atoms with Crippen molar-refractivity contribution in [2.45, 2.75) is 20.0 Å². The second kappa shape index (κ2) is 5.31. The van der Waals surface area contributed by atoms with E-state index in [1.165, 1.54) is 6.07 Å². The Morgan fingerprint density at radius 1 is 1.47 bits per heavy atom. The molecule has 1 N–H and O–H groups in total. The Labute approximate surface area is 108 Å². The van der Waals surface area contributed by atoms with Gasteiger partial charge in [-0.1, -0.05) is 0 Å². The minimum atomic E-state index is -0.265. The predicted molar refractivity (Wildman–Crippen MR) is 69.3 cm³/mol. The summed E-state index contributed by atoms with van der Waals surface area (Å²) in [5.74, 6) is -0.265. The quantitative estimate of drug-likeness (QED) is 0.937. The number of nitrogens with zero attached hydrogens (tertiary/aromatic N) is 2. The molecule has 0 radical (unpaired) electrons. The highest BCUT2D eigenvalue weighted by molar-refractivity contribution is 9.10. The number of rotatable bonds is 4. The smallest absolute Gasteiger partial charge is 0.139 e. The number of aromatic nitrogens is 2. The van der Waals surface area contributed by atoms with Crippen molar-refractivity contribution in [3.8, 4) is 0 Å². The number of anilines is 1. The Morgan fingerprint density at radius 2 is 2.29 bits per heavy atom. The van der Waals surface area contributed by atoms with Crippen LogP contribution < -0.4 is 5.32 Å². The van der Waals surface area contributed by atoms with E-state index in [-0.39, 0.29) is 5.82 Å². The van der Waals surface area contributed by atoms with Gasteiger partial charge >= 0.3 is 0 Å². The minimum Gasteiger partial charge on any atom is -0.379 e. The van der Waals surface area contributed by atoms with Crippen LogP contribution in [0.5, 0.6) is 0 Å². The first-order chi connectivity index (χ1) is 8.20. The van der Waals surface area contributed by atoms with Gasteiger partial charge in [0.1, 0.15) is 5.82 Å². The van der Waals surface area contributed by atoms with Crippen LogP contribution in [0.15, 0.2) is 35.2 Å². The topological polar surface area (TPSA) is 29.9 Å². The number of imidazole rings is 1. The van der Waals surface area contributed by atoms with Gasteiger partial charge in [-0.25, -0.2) is 9.37 Å². The van der Waals surface area contributed by atoms with E-state index in [0.29, 0.717) is 11.0 Å². The third-order valence-corrected chi connectivity index (χ3v) is 3.18. The van der Waals surface area contributed by atoms with Crippen molar-refractivity contribution in [2.75, 3.05) is 5.32 Å². The molecule has 0 saturated heterocycles. The van der Waals surface area contributed by atoms with Crippen LogP contribution in [0, 0.1) is 5.82 Å². The first kappa shape index (κ1) is 12.1. The van der Waals surface area contributed by atoms with Gasteiger partial charge in [-0.15, -0.1) is 0 Å². The normalized spacial score (nSPS) is 10.5. The second-order valence-electron chi connectivity index (χ2n) is 3.65. The van der Waals surface area contributed by atoms with Crippen LogP contribution in [0.1, 0.15) is 12.6 Å². The largest absolute Gasteiger partial charge is 0.379 e. The number of nitrogens with one attached hydrogen (secondary N) is 1. The van der Waals surface area contributed by atoms with Gasteiger partial charge in [-0.05, 0) is 41.1 Å². The highest BCUT2D eigenvalue weighted by Crippen LogP contribution is 2.19. The third-order valence-electron chi connectivity index (χ3n) is 2.53. The maximum absolute atomic E-state index is 13.3. The highest BCUT2D eigenvalue weighted by atomic mass is 79.9. The Kier molecular flexibility index (Phi) is 3.78. The number of halogens is 2. The summed E-state index contributed by atoms with van der Waals surface area (Å²) in [6, 6.07) is 4.99.